The fourth-order valence-electron chi connectivity index (χ4n) is 5.23. The molecule has 0 unspecified atom stereocenters. The van der Waals surface area contributed by atoms with E-state index in [4.69, 9.17) is 0 Å². The molecule has 0 N–H and O–H groups in total. The number of benzene rings is 4. The molecule has 6 rings (SSSR count). The van der Waals surface area contributed by atoms with Crippen LogP contribution in [-0.2, 0) is 12.8 Å². The lowest BCUT2D eigenvalue weighted by Gasteiger charge is -2.30. The minimum Gasteiger partial charge on any atom is -0.0619 e. The van der Waals surface area contributed by atoms with Crippen LogP contribution in [0.3, 0.4) is 0 Å². The van der Waals surface area contributed by atoms with E-state index in [1.807, 2.05) is 0 Å². The minimum absolute atomic E-state index is 1.00. The van der Waals surface area contributed by atoms with E-state index in [-0.39, 0.29) is 0 Å². The number of rotatable bonds is 0. The SMILES string of the molecule is Cc1ccc2c(c1)/C(=C1\c3ccccc3Cc3ccc(C)cc31)c1ccccc1C2. The van der Waals surface area contributed by atoms with Gasteiger partial charge in [0, 0.05) is 0 Å². The van der Waals surface area contributed by atoms with Gasteiger partial charge in [0.25, 0.3) is 0 Å². The molecule has 0 heteroatoms. The first-order chi connectivity index (χ1) is 14.7. The van der Waals surface area contributed by atoms with Crippen LogP contribution in [0, 0.1) is 13.8 Å². The third-order valence-electron chi connectivity index (χ3n) is 6.65. The van der Waals surface area contributed by atoms with Crippen LogP contribution in [-0.4, -0.2) is 0 Å². The summed E-state index contributed by atoms with van der Waals surface area (Å²) < 4.78 is 0. The lowest BCUT2D eigenvalue weighted by atomic mass is 9.73. The molecule has 0 aromatic heterocycles. The molecule has 4 aromatic carbocycles. The predicted molar refractivity (Wildman–Crippen MR) is 126 cm³/mol. The van der Waals surface area contributed by atoms with Crippen molar-refractivity contribution in [2.75, 3.05) is 0 Å². The van der Waals surface area contributed by atoms with Gasteiger partial charge in [0.1, 0.15) is 0 Å². The monoisotopic (exact) mass is 384 g/mol. The number of hydrogen-bond donors (Lipinski definition) is 0. The third kappa shape index (κ3) is 2.60. The molecule has 2 aliphatic rings. The van der Waals surface area contributed by atoms with Crippen molar-refractivity contribution in [1.82, 2.24) is 0 Å². The van der Waals surface area contributed by atoms with Crippen molar-refractivity contribution < 1.29 is 0 Å². The van der Waals surface area contributed by atoms with E-state index in [1.165, 1.54) is 66.8 Å². The molecule has 144 valence electrons. The van der Waals surface area contributed by atoms with Gasteiger partial charge >= 0.3 is 0 Å². The highest BCUT2D eigenvalue weighted by atomic mass is 14.3. The molecule has 0 amide bonds. The summed E-state index contributed by atoms with van der Waals surface area (Å²) in [5.74, 6) is 0. The van der Waals surface area contributed by atoms with Crippen molar-refractivity contribution in [3.05, 3.63) is 141 Å². The van der Waals surface area contributed by atoms with Gasteiger partial charge in [-0.2, -0.15) is 0 Å². The maximum absolute atomic E-state index is 2.39. The lowest BCUT2D eigenvalue weighted by Crippen LogP contribution is -2.13. The molecule has 0 radical (unpaired) electrons. The van der Waals surface area contributed by atoms with Crippen LogP contribution in [0.15, 0.2) is 84.9 Å². The third-order valence-corrected chi connectivity index (χ3v) is 6.65. The van der Waals surface area contributed by atoms with Crippen LogP contribution in [0.25, 0.3) is 11.1 Å². The van der Waals surface area contributed by atoms with E-state index in [0.29, 0.717) is 0 Å². The minimum atomic E-state index is 1.00. The Labute approximate surface area is 178 Å². The number of hydrogen-bond acceptors (Lipinski definition) is 0. The van der Waals surface area contributed by atoms with Crippen LogP contribution >= 0.6 is 0 Å². The summed E-state index contributed by atoms with van der Waals surface area (Å²) in [6.45, 7) is 4.41. The number of aryl methyl sites for hydroxylation is 2. The van der Waals surface area contributed by atoms with Crippen LogP contribution in [0.5, 0.6) is 0 Å². The van der Waals surface area contributed by atoms with Crippen molar-refractivity contribution in [2.45, 2.75) is 26.7 Å². The Kier molecular flexibility index (Phi) is 3.83. The van der Waals surface area contributed by atoms with E-state index < -0.39 is 0 Å². The normalized spacial score (nSPS) is 16.3. The molecule has 0 bridgehead atoms. The average molecular weight is 385 g/mol. The Bertz CT molecular complexity index is 1250. The zero-order valence-electron chi connectivity index (χ0n) is 17.5. The zero-order valence-corrected chi connectivity index (χ0v) is 17.5. The van der Waals surface area contributed by atoms with Crippen molar-refractivity contribution in [3.8, 4) is 0 Å². The molecule has 0 saturated carbocycles. The molecule has 0 atom stereocenters. The summed E-state index contributed by atoms with van der Waals surface area (Å²) >= 11 is 0. The van der Waals surface area contributed by atoms with Crippen molar-refractivity contribution >= 4 is 11.1 Å². The molecule has 0 heterocycles. The first-order valence-electron chi connectivity index (χ1n) is 10.8. The van der Waals surface area contributed by atoms with E-state index >= 15 is 0 Å². The standard InChI is InChI=1S/C30H24/c1-19-11-13-23-17-21-7-3-5-9-25(21)29(27(23)15-19)30-26-10-6-4-8-22(26)18-24-14-12-20(2)16-28(24)30/h3-16H,17-18H2,1-2H3/b30-29+. The highest BCUT2D eigenvalue weighted by Gasteiger charge is 2.28. The Balaban J connectivity index is 1.80. The van der Waals surface area contributed by atoms with Crippen LogP contribution in [0.2, 0.25) is 0 Å². The topological polar surface area (TPSA) is 0 Å². The van der Waals surface area contributed by atoms with E-state index in [9.17, 15) is 0 Å². The van der Waals surface area contributed by atoms with Crippen LogP contribution < -0.4 is 0 Å². The molecule has 0 saturated heterocycles. The smallest absolute Gasteiger partial charge is 0.00134 e. The second-order valence-electron chi connectivity index (χ2n) is 8.74. The van der Waals surface area contributed by atoms with E-state index in [0.717, 1.165) is 12.8 Å². The van der Waals surface area contributed by atoms with Crippen molar-refractivity contribution in [2.24, 2.45) is 0 Å². The fourth-order valence-corrected chi connectivity index (χ4v) is 5.23. The molecule has 4 aromatic rings. The molecule has 0 aliphatic heterocycles. The van der Waals surface area contributed by atoms with Gasteiger partial charge in [0.05, 0.1) is 0 Å². The molecule has 0 fully saturated rings. The van der Waals surface area contributed by atoms with Gasteiger partial charge in [-0.1, -0.05) is 96.1 Å². The summed E-state index contributed by atoms with van der Waals surface area (Å²) in [4.78, 5) is 0. The van der Waals surface area contributed by atoms with E-state index in [1.54, 1.807) is 0 Å². The van der Waals surface area contributed by atoms with Gasteiger partial charge in [-0.05, 0) is 82.3 Å². The predicted octanol–water partition coefficient (Wildman–Crippen LogP) is 7.12. The van der Waals surface area contributed by atoms with Gasteiger partial charge in [-0.25, -0.2) is 0 Å². The second-order valence-corrected chi connectivity index (χ2v) is 8.74. The largest absolute Gasteiger partial charge is 0.0619 e. The lowest BCUT2D eigenvalue weighted by molar-refractivity contribution is 1.11. The summed E-state index contributed by atoms with van der Waals surface area (Å²) in [7, 11) is 0. The van der Waals surface area contributed by atoms with Gasteiger partial charge in [0.15, 0.2) is 0 Å². The highest BCUT2D eigenvalue weighted by molar-refractivity contribution is 6.08. The Morgan fingerprint density at radius 1 is 0.433 bits per heavy atom. The summed E-state index contributed by atoms with van der Waals surface area (Å²) in [5, 5.41) is 0. The van der Waals surface area contributed by atoms with Crippen molar-refractivity contribution in [1.29, 1.82) is 0 Å². The first kappa shape index (κ1) is 17.5. The maximum atomic E-state index is 2.39. The van der Waals surface area contributed by atoms with Gasteiger partial charge in [-0.3, -0.25) is 0 Å². The van der Waals surface area contributed by atoms with Gasteiger partial charge < -0.3 is 0 Å². The van der Waals surface area contributed by atoms with Gasteiger partial charge in [-0.15, -0.1) is 0 Å². The summed E-state index contributed by atoms with van der Waals surface area (Å²) in [6, 6.07) is 31.9. The van der Waals surface area contributed by atoms with Crippen molar-refractivity contribution in [3.63, 3.8) is 0 Å². The number of fused-ring (bicyclic) bond motifs is 4. The Morgan fingerprint density at radius 2 is 0.833 bits per heavy atom. The summed E-state index contributed by atoms with van der Waals surface area (Å²) in [6.07, 6.45) is 2.01. The second kappa shape index (κ2) is 6.57. The fraction of sp³-hybridized carbons (Fsp3) is 0.133. The molecule has 2 aliphatic carbocycles. The Hall–Kier alpha value is -3.38. The maximum Gasteiger partial charge on any atom is -0.00134 e. The first-order valence-corrected chi connectivity index (χ1v) is 10.8. The van der Waals surface area contributed by atoms with Gasteiger partial charge in [0.2, 0.25) is 0 Å². The quantitative estimate of drug-likeness (QED) is 0.261. The molecular weight excluding hydrogens is 360 g/mol. The molecule has 0 spiro atoms. The van der Waals surface area contributed by atoms with E-state index in [2.05, 4.69) is 98.8 Å². The molecular formula is C30H24. The molecule has 30 heavy (non-hydrogen) atoms. The average Bonchev–Trinajstić information content (AvgIpc) is 2.76. The summed E-state index contributed by atoms with van der Waals surface area (Å²) in [5.41, 5.74) is 16.7. The zero-order chi connectivity index (χ0) is 20.2. The molecule has 0 nitrogen and oxygen atoms in total. The van der Waals surface area contributed by atoms with Crippen LogP contribution in [0.1, 0.15) is 55.6 Å². The Morgan fingerprint density at radius 3 is 1.30 bits per heavy atom. The highest BCUT2D eigenvalue weighted by Crippen LogP contribution is 2.46. The van der Waals surface area contributed by atoms with Crippen LogP contribution in [0.4, 0.5) is 0 Å².